The molecule has 0 aliphatic carbocycles. The van der Waals surface area contributed by atoms with Crippen LogP contribution in [-0.2, 0) is 9.84 Å². The molecule has 114 valence electrons. The van der Waals surface area contributed by atoms with Gasteiger partial charge in [0.2, 0.25) is 0 Å². The lowest BCUT2D eigenvalue weighted by Gasteiger charge is -2.20. The number of hydrogen-bond donors (Lipinski definition) is 2. The Morgan fingerprint density at radius 3 is 2.70 bits per heavy atom. The molecule has 1 aromatic heterocycles. The summed E-state index contributed by atoms with van der Waals surface area (Å²) in [6, 6.07) is 0. The van der Waals surface area contributed by atoms with Gasteiger partial charge in [-0.05, 0) is 43.4 Å². The van der Waals surface area contributed by atoms with Crippen molar-refractivity contribution in [2.45, 2.75) is 24.7 Å². The number of likely N-dealkylation sites (tertiary alicyclic amines) is 1. The summed E-state index contributed by atoms with van der Waals surface area (Å²) in [5, 5.41) is 3.74. The topological polar surface area (TPSA) is 88.3 Å². The Balaban J connectivity index is 1.94. The molecule has 0 saturated carbocycles. The average molecular weight is 318 g/mol. The molecule has 2 rings (SSSR count). The molecular weight excluding hydrogens is 296 g/mol. The van der Waals surface area contributed by atoms with Crippen molar-refractivity contribution in [3.8, 4) is 0 Å². The van der Waals surface area contributed by atoms with E-state index in [1.54, 1.807) is 0 Å². The summed E-state index contributed by atoms with van der Waals surface area (Å²) in [6.07, 6.45) is 3.72. The third-order valence-corrected chi connectivity index (χ3v) is 5.53. The Labute approximate surface area is 124 Å². The number of nitrogens with one attached hydrogen (secondary N) is 1. The van der Waals surface area contributed by atoms with Crippen LogP contribution in [0.25, 0.3) is 0 Å². The zero-order valence-corrected chi connectivity index (χ0v) is 13.6. The van der Waals surface area contributed by atoms with E-state index in [0.29, 0.717) is 10.9 Å². The number of anilines is 2. The Kier molecular flexibility index (Phi) is 4.87. The summed E-state index contributed by atoms with van der Waals surface area (Å²) in [5.41, 5.74) is 5.64. The van der Waals surface area contributed by atoms with Crippen molar-refractivity contribution in [3.05, 3.63) is 0 Å². The van der Waals surface area contributed by atoms with Crippen molar-refractivity contribution in [2.24, 2.45) is 5.92 Å². The van der Waals surface area contributed by atoms with Gasteiger partial charge in [0.05, 0.1) is 0 Å². The summed E-state index contributed by atoms with van der Waals surface area (Å²) in [4.78, 5) is 2.58. The molecule has 1 aromatic rings. The lowest BCUT2D eigenvalue weighted by Crippen LogP contribution is -2.28. The van der Waals surface area contributed by atoms with Crippen LogP contribution in [0.3, 0.4) is 0 Å². The van der Waals surface area contributed by atoms with Gasteiger partial charge < -0.3 is 16.0 Å². The number of hydrogen-bond acceptors (Lipinski definition) is 7. The second-order valence-electron chi connectivity index (χ2n) is 5.49. The van der Waals surface area contributed by atoms with Gasteiger partial charge in [0.25, 0.3) is 0 Å². The van der Waals surface area contributed by atoms with Crippen LogP contribution in [0, 0.1) is 5.92 Å². The zero-order valence-electron chi connectivity index (χ0n) is 11.9. The molecule has 1 atom stereocenters. The fraction of sp³-hybridized carbons (Fsp3) is 0.750. The van der Waals surface area contributed by atoms with Gasteiger partial charge in [-0.3, -0.25) is 0 Å². The van der Waals surface area contributed by atoms with Crippen LogP contribution in [0.5, 0.6) is 0 Å². The van der Waals surface area contributed by atoms with Gasteiger partial charge in [0, 0.05) is 19.3 Å². The third kappa shape index (κ3) is 3.83. The first kappa shape index (κ1) is 15.5. The van der Waals surface area contributed by atoms with Gasteiger partial charge in [0.1, 0.15) is 9.90 Å². The molecule has 8 heteroatoms. The van der Waals surface area contributed by atoms with E-state index in [0.717, 1.165) is 30.9 Å². The van der Waals surface area contributed by atoms with E-state index in [2.05, 4.69) is 21.5 Å². The number of nitrogen functional groups attached to an aromatic ring is 1. The van der Waals surface area contributed by atoms with Crippen molar-refractivity contribution in [1.82, 2.24) is 9.27 Å². The predicted octanol–water partition coefficient (Wildman–Crippen LogP) is 1.27. The molecule has 0 aromatic carbocycles. The Morgan fingerprint density at radius 1 is 1.45 bits per heavy atom. The summed E-state index contributed by atoms with van der Waals surface area (Å²) in [5.74, 6) is 0.538. The maximum Gasteiger partial charge on any atom is 0.182 e. The molecule has 1 fully saturated rings. The number of sulfone groups is 1. The highest BCUT2D eigenvalue weighted by molar-refractivity contribution is 7.91. The minimum absolute atomic E-state index is 0.0900. The van der Waals surface area contributed by atoms with E-state index < -0.39 is 9.84 Å². The maximum absolute atomic E-state index is 11.7. The highest BCUT2D eigenvalue weighted by Gasteiger charge is 2.22. The SMILES string of the molecule is CC(CNc1snc(N)c1S(C)(=O)=O)CN1CCCC1. The monoisotopic (exact) mass is 318 g/mol. The van der Waals surface area contributed by atoms with Gasteiger partial charge in [-0.25, -0.2) is 8.42 Å². The van der Waals surface area contributed by atoms with E-state index in [1.807, 2.05) is 0 Å². The Morgan fingerprint density at radius 2 is 2.10 bits per heavy atom. The molecule has 1 aliphatic rings. The molecule has 3 N–H and O–H groups in total. The van der Waals surface area contributed by atoms with Gasteiger partial charge in [0.15, 0.2) is 15.7 Å². The summed E-state index contributed by atoms with van der Waals surface area (Å²) < 4.78 is 27.3. The van der Waals surface area contributed by atoms with Crippen molar-refractivity contribution >= 4 is 32.2 Å². The fourth-order valence-corrected chi connectivity index (χ4v) is 4.58. The van der Waals surface area contributed by atoms with E-state index in [4.69, 9.17) is 5.73 Å². The summed E-state index contributed by atoms with van der Waals surface area (Å²) in [7, 11) is -3.34. The van der Waals surface area contributed by atoms with Crippen molar-refractivity contribution in [3.63, 3.8) is 0 Å². The van der Waals surface area contributed by atoms with Crippen LogP contribution < -0.4 is 11.1 Å². The number of rotatable bonds is 6. The van der Waals surface area contributed by atoms with Crippen molar-refractivity contribution in [2.75, 3.05) is 43.5 Å². The van der Waals surface area contributed by atoms with Crippen LogP contribution in [-0.4, -0.2) is 50.1 Å². The molecule has 0 spiro atoms. The van der Waals surface area contributed by atoms with E-state index >= 15 is 0 Å². The van der Waals surface area contributed by atoms with Crippen LogP contribution >= 0.6 is 11.5 Å². The molecule has 1 saturated heterocycles. The first-order valence-corrected chi connectivity index (χ1v) is 9.46. The number of nitrogens with two attached hydrogens (primary N) is 1. The lowest BCUT2D eigenvalue weighted by molar-refractivity contribution is 0.294. The van der Waals surface area contributed by atoms with E-state index in [1.165, 1.54) is 25.9 Å². The van der Waals surface area contributed by atoms with Crippen LogP contribution in [0.1, 0.15) is 19.8 Å². The minimum atomic E-state index is -3.34. The quantitative estimate of drug-likeness (QED) is 0.821. The van der Waals surface area contributed by atoms with Crippen LogP contribution in [0.4, 0.5) is 10.8 Å². The summed E-state index contributed by atoms with van der Waals surface area (Å²) in [6.45, 7) is 6.27. The van der Waals surface area contributed by atoms with Gasteiger partial charge in [-0.15, -0.1) is 0 Å². The first-order valence-electron chi connectivity index (χ1n) is 6.79. The highest BCUT2D eigenvalue weighted by Crippen LogP contribution is 2.31. The average Bonchev–Trinajstić information content (AvgIpc) is 2.95. The van der Waals surface area contributed by atoms with Gasteiger partial charge in [-0.1, -0.05) is 6.92 Å². The van der Waals surface area contributed by atoms with Crippen LogP contribution in [0.15, 0.2) is 4.90 Å². The molecule has 0 amide bonds. The maximum atomic E-state index is 11.7. The number of aromatic nitrogens is 1. The molecule has 20 heavy (non-hydrogen) atoms. The number of nitrogens with zero attached hydrogens (tertiary/aromatic N) is 2. The van der Waals surface area contributed by atoms with Crippen LogP contribution in [0.2, 0.25) is 0 Å². The second-order valence-corrected chi connectivity index (χ2v) is 8.22. The normalized spacial score (nSPS) is 18.3. The van der Waals surface area contributed by atoms with E-state index in [-0.39, 0.29) is 10.7 Å². The Bertz CT molecular complexity index is 550. The zero-order chi connectivity index (χ0) is 14.8. The molecular formula is C12H22N4O2S2. The smallest absolute Gasteiger partial charge is 0.182 e. The van der Waals surface area contributed by atoms with E-state index in [9.17, 15) is 8.42 Å². The Hall–Kier alpha value is -0.860. The van der Waals surface area contributed by atoms with Crippen molar-refractivity contribution < 1.29 is 8.42 Å². The van der Waals surface area contributed by atoms with Gasteiger partial charge in [-0.2, -0.15) is 4.37 Å². The fourth-order valence-electron chi connectivity index (χ4n) is 2.50. The highest BCUT2D eigenvalue weighted by atomic mass is 32.2. The molecule has 6 nitrogen and oxygen atoms in total. The minimum Gasteiger partial charge on any atom is -0.382 e. The second kappa shape index (κ2) is 6.28. The standard InChI is InChI=1S/C12H22N4O2S2/c1-9(8-16-5-3-4-6-16)7-14-12-10(20(2,17)18)11(13)15-19-12/h9,14H,3-8H2,1-2H3,(H2,13,15). The molecule has 1 aliphatic heterocycles. The third-order valence-electron chi connectivity index (χ3n) is 3.42. The molecule has 0 radical (unpaired) electrons. The lowest BCUT2D eigenvalue weighted by atomic mass is 10.1. The summed E-state index contributed by atoms with van der Waals surface area (Å²) >= 11 is 1.11. The molecule has 1 unspecified atom stereocenters. The molecule has 2 heterocycles. The largest absolute Gasteiger partial charge is 0.382 e. The predicted molar refractivity (Wildman–Crippen MR) is 83.0 cm³/mol. The molecule has 0 bridgehead atoms. The first-order chi connectivity index (χ1) is 9.38. The van der Waals surface area contributed by atoms with Gasteiger partial charge >= 0.3 is 0 Å². The van der Waals surface area contributed by atoms with Crippen molar-refractivity contribution in [1.29, 1.82) is 0 Å².